The van der Waals surface area contributed by atoms with Crippen LogP contribution in [0.4, 0.5) is 0 Å². The molecule has 0 saturated heterocycles. The first-order chi connectivity index (χ1) is 21.2. The predicted octanol–water partition coefficient (Wildman–Crippen LogP) is 9.87. The monoisotopic (exact) mass is 605 g/mol. The van der Waals surface area contributed by atoms with E-state index >= 15 is 0 Å². The van der Waals surface area contributed by atoms with Crippen molar-refractivity contribution in [2.45, 2.75) is 106 Å². The van der Waals surface area contributed by atoms with Gasteiger partial charge >= 0.3 is 0 Å². The van der Waals surface area contributed by atoms with Gasteiger partial charge in [-0.1, -0.05) is 103 Å². The summed E-state index contributed by atoms with van der Waals surface area (Å²) >= 11 is 0. The highest BCUT2D eigenvalue weighted by atomic mass is 16.5. The summed E-state index contributed by atoms with van der Waals surface area (Å²) < 4.78 is 5.36. The van der Waals surface area contributed by atoms with E-state index in [4.69, 9.17) is 14.5 Å². The molecule has 0 amide bonds. The molecule has 2 unspecified atom stereocenters. The first-order valence-corrected chi connectivity index (χ1v) is 16.2. The zero-order valence-electron chi connectivity index (χ0n) is 29.8. The van der Waals surface area contributed by atoms with E-state index < -0.39 is 0 Å². The molecule has 3 rings (SSSR count). The third-order valence-corrected chi connectivity index (χ3v) is 7.37. The standard InChI is InChI=1S/C22H30N2.C13H20O.C2H6.CH5N.CH2O/c1-7-16(4)20-13-21(17(5)14-23-8-2)24-22(18(20)6)19-11-9-15(3)10-12-19;1-4-5-6-7-12-9-8-11(2)10-13(12)14-3;3*1-2/h8-13,16-17,23H,2,7,14H2,1,3-6H3;8-10H,4-7H2,1-3H3;1-2H3;2H2,1H3;1H2. The molecule has 5 heteroatoms. The van der Waals surface area contributed by atoms with E-state index in [1.54, 1.807) is 13.3 Å². The Kier molecular flexibility index (Phi) is 25.2. The van der Waals surface area contributed by atoms with Crippen molar-refractivity contribution in [2.75, 3.05) is 20.7 Å². The number of aromatic nitrogens is 1. The van der Waals surface area contributed by atoms with Gasteiger partial charge in [-0.2, -0.15) is 0 Å². The number of hydrogen-bond acceptors (Lipinski definition) is 5. The smallest absolute Gasteiger partial charge is 0.122 e. The van der Waals surface area contributed by atoms with Crippen LogP contribution in [0.5, 0.6) is 5.75 Å². The van der Waals surface area contributed by atoms with Crippen LogP contribution in [0.25, 0.3) is 11.3 Å². The Balaban J connectivity index is 0. The predicted molar refractivity (Wildman–Crippen MR) is 194 cm³/mol. The Hall–Kier alpha value is -3.44. The molecule has 0 saturated carbocycles. The van der Waals surface area contributed by atoms with Gasteiger partial charge in [-0.25, -0.2) is 0 Å². The van der Waals surface area contributed by atoms with Crippen LogP contribution in [0.1, 0.15) is 113 Å². The van der Waals surface area contributed by atoms with Gasteiger partial charge in [-0.05, 0) is 93.6 Å². The van der Waals surface area contributed by atoms with Gasteiger partial charge in [-0.3, -0.25) is 4.98 Å². The minimum Gasteiger partial charge on any atom is -0.496 e. The molecule has 1 aromatic heterocycles. The van der Waals surface area contributed by atoms with Crippen LogP contribution in [-0.4, -0.2) is 32.5 Å². The molecule has 3 N–H and O–H groups in total. The van der Waals surface area contributed by atoms with E-state index in [1.807, 2.05) is 20.6 Å². The average Bonchev–Trinajstić information content (AvgIpc) is 3.07. The number of methoxy groups -OCH3 is 1. The number of nitrogens with two attached hydrogens (primary N) is 1. The molecule has 2 aromatic carbocycles. The molecule has 0 aliphatic rings. The molecule has 3 aromatic rings. The molecule has 0 aliphatic heterocycles. The molecule has 2 atom stereocenters. The SMILES string of the molecule is C=CNCC(C)c1cc(C(C)CC)c(C)c(-c2ccc(C)cc2)n1.C=O.CC.CCCCCc1ccc(C)cc1OC.CN. The third kappa shape index (κ3) is 14.8. The van der Waals surface area contributed by atoms with Crippen LogP contribution >= 0.6 is 0 Å². The second-order valence-corrected chi connectivity index (χ2v) is 10.6. The third-order valence-electron chi connectivity index (χ3n) is 7.37. The Morgan fingerprint density at radius 2 is 1.50 bits per heavy atom. The maximum absolute atomic E-state index is 8.00. The minimum absolute atomic E-state index is 0.343. The van der Waals surface area contributed by atoms with Gasteiger partial charge in [0.2, 0.25) is 0 Å². The quantitative estimate of drug-likeness (QED) is 0.201. The molecule has 1 heterocycles. The number of benzene rings is 2. The minimum atomic E-state index is 0.343. The number of carbonyl (C=O) groups is 1. The number of carbonyl (C=O) groups excluding carboxylic acids is 1. The summed E-state index contributed by atoms with van der Waals surface area (Å²) in [6.07, 6.45) is 7.86. The number of nitrogens with zero attached hydrogens (tertiary/aromatic N) is 1. The van der Waals surface area contributed by atoms with Gasteiger partial charge in [-0.15, -0.1) is 0 Å². The summed E-state index contributed by atoms with van der Waals surface area (Å²) in [6.45, 7) is 26.0. The Morgan fingerprint density at radius 1 is 0.909 bits per heavy atom. The summed E-state index contributed by atoms with van der Waals surface area (Å²) in [6, 6.07) is 17.4. The van der Waals surface area contributed by atoms with Crippen molar-refractivity contribution in [3.63, 3.8) is 0 Å². The van der Waals surface area contributed by atoms with Crippen LogP contribution in [0.3, 0.4) is 0 Å². The highest BCUT2D eigenvalue weighted by Gasteiger charge is 2.17. The summed E-state index contributed by atoms with van der Waals surface area (Å²) in [7, 11) is 3.25. The Bertz CT molecular complexity index is 1160. The lowest BCUT2D eigenvalue weighted by Gasteiger charge is -2.20. The molecule has 44 heavy (non-hydrogen) atoms. The highest BCUT2D eigenvalue weighted by Crippen LogP contribution is 2.32. The maximum Gasteiger partial charge on any atom is 0.122 e. The summed E-state index contributed by atoms with van der Waals surface area (Å²) in [5.41, 5.74) is 14.6. The topological polar surface area (TPSA) is 77.2 Å². The number of hydrogen-bond donors (Lipinski definition) is 2. The van der Waals surface area contributed by atoms with Crippen LogP contribution < -0.4 is 15.8 Å². The Morgan fingerprint density at radius 3 is 2.02 bits per heavy atom. The number of nitrogens with one attached hydrogen (secondary N) is 1. The van der Waals surface area contributed by atoms with Crippen molar-refractivity contribution in [2.24, 2.45) is 5.73 Å². The molecule has 0 radical (unpaired) electrons. The zero-order chi connectivity index (χ0) is 34.1. The number of ether oxygens (including phenoxy) is 1. The van der Waals surface area contributed by atoms with Gasteiger partial charge in [0.25, 0.3) is 0 Å². The van der Waals surface area contributed by atoms with Gasteiger partial charge in [0.15, 0.2) is 0 Å². The first kappa shape index (κ1) is 42.7. The van der Waals surface area contributed by atoms with Gasteiger partial charge in [0.1, 0.15) is 12.5 Å². The van der Waals surface area contributed by atoms with E-state index in [1.165, 1.54) is 59.7 Å². The number of unbranched alkanes of at least 4 members (excludes halogenated alkanes) is 2. The normalized spacial score (nSPS) is 10.9. The van der Waals surface area contributed by atoms with E-state index in [9.17, 15) is 0 Å². The molecule has 0 aliphatic carbocycles. The fourth-order valence-electron chi connectivity index (χ4n) is 4.61. The lowest BCUT2D eigenvalue weighted by atomic mass is 9.89. The van der Waals surface area contributed by atoms with Crippen molar-refractivity contribution in [1.29, 1.82) is 0 Å². The molecule has 0 spiro atoms. The second-order valence-electron chi connectivity index (χ2n) is 10.6. The molecular weight excluding hydrogens is 542 g/mol. The molecule has 246 valence electrons. The van der Waals surface area contributed by atoms with E-state index in [2.05, 4.69) is 115 Å². The summed E-state index contributed by atoms with van der Waals surface area (Å²) in [5, 5.41) is 3.21. The van der Waals surface area contributed by atoms with Gasteiger partial charge in [0, 0.05) is 23.7 Å². The number of rotatable bonds is 12. The van der Waals surface area contributed by atoms with Crippen molar-refractivity contribution in [1.82, 2.24) is 10.3 Å². The molecular formula is C39H63N3O2. The van der Waals surface area contributed by atoms with E-state index in [0.29, 0.717) is 11.8 Å². The van der Waals surface area contributed by atoms with E-state index in [0.717, 1.165) is 36.5 Å². The van der Waals surface area contributed by atoms with Crippen LogP contribution in [0, 0.1) is 20.8 Å². The van der Waals surface area contributed by atoms with Crippen LogP contribution in [-0.2, 0) is 11.2 Å². The maximum atomic E-state index is 8.00. The largest absolute Gasteiger partial charge is 0.496 e. The summed E-state index contributed by atoms with van der Waals surface area (Å²) in [5.74, 6) is 1.92. The van der Waals surface area contributed by atoms with Crippen LogP contribution in [0.15, 0.2) is 61.3 Å². The lowest BCUT2D eigenvalue weighted by molar-refractivity contribution is -0.0980. The fraction of sp³-hybridized carbons (Fsp3) is 0.487. The molecule has 5 nitrogen and oxygen atoms in total. The lowest BCUT2D eigenvalue weighted by Crippen LogP contribution is -2.16. The van der Waals surface area contributed by atoms with E-state index in [-0.39, 0.29) is 0 Å². The average molecular weight is 606 g/mol. The number of aryl methyl sites for hydroxylation is 3. The highest BCUT2D eigenvalue weighted by molar-refractivity contribution is 5.65. The van der Waals surface area contributed by atoms with Crippen LogP contribution in [0.2, 0.25) is 0 Å². The Labute approximate surface area is 270 Å². The van der Waals surface area contributed by atoms with Crippen molar-refractivity contribution >= 4 is 6.79 Å². The van der Waals surface area contributed by atoms with Crippen molar-refractivity contribution < 1.29 is 9.53 Å². The van der Waals surface area contributed by atoms with Crippen molar-refractivity contribution in [3.8, 4) is 17.0 Å². The number of pyridine rings is 1. The fourth-order valence-corrected chi connectivity index (χ4v) is 4.61. The van der Waals surface area contributed by atoms with Gasteiger partial charge < -0.3 is 20.6 Å². The zero-order valence-corrected chi connectivity index (χ0v) is 29.8. The first-order valence-electron chi connectivity index (χ1n) is 16.2. The van der Waals surface area contributed by atoms with Gasteiger partial charge in [0.05, 0.1) is 12.8 Å². The second kappa shape index (κ2) is 26.0. The summed E-state index contributed by atoms with van der Waals surface area (Å²) in [4.78, 5) is 13.0. The molecule has 0 bridgehead atoms. The van der Waals surface area contributed by atoms with Crippen molar-refractivity contribution in [3.05, 3.63) is 94.8 Å². The molecule has 0 fully saturated rings.